The largest absolute Gasteiger partial charge is 0.375 e. The molecule has 8 nitrogen and oxygen atoms in total. The van der Waals surface area contributed by atoms with Gasteiger partial charge in [0, 0.05) is 20.2 Å². The van der Waals surface area contributed by atoms with E-state index in [-0.39, 0.29) is 32.1 Å². The number of carbonyl (C=O) groups is 4. The first-order valence-corrected chi connectivity index (χ1v) is 7.02. The van der Waals surface area contributed by atoms with E-state index in [1.165, 1.54) is 7.11 Å². The Morgan fingerprint density at radius 1 is 1.00 bits per heavy atom. The van der Waals surface area contributed by atoms with Gasteiger partial charge in [-0.25, -0.2) is 0 Å². The molecule has 0 aromatic heterocycles. The van der Waals surface area contributed by atoms with E-state index in [4.69, 9.17) is 0 Å². The van der Waals surface area contributed by atoms with Crippen LogP contribution in [0.1, 0.15) is 20.7 Å². The number of nitrogens with zero attached hydrogens (tertiary/aromatic N) is 1. The molecule has 23 heavy (non-hydrogen) atoms. The van der Waals surface area contributed by atoms with Crippen LogP contribution in [0.4, 0.5) is 0 Å². The van der Waals surface area contributed by atoms with Crippen LogP contribution in [-0.4, -0.2) is 61.9 Å². The summed E-state index contributed by atoms with van der Waals surface area (Å²) < 4.78 is 4.64. The van der Waals surface area contributed by atoms with Gasteiger partial charge in [0.15, 0.2) is 0 Å². The molecular weight excluding hydrogens is 302 g/mol. The average molecular weight is 319 g/mol. The van der Waals surface area contributed by atoms with Gasteiger partial charge in [0.05, 0.1) is 11.1 Å². The summed E-state index contributed by atoms with van der Waals surface area (Å²) in [6.45, 7) is 0.0227. The van der Waals surface area contributed by atoms with Gasteiger partial charge < -0.3 is 15.4 Å². The lowest BCUT2D eigenvalue weighted by atomic mass is 10.1. The summed E-state index contributed by atoms with van der Waals surface area (Å²) in [5.74, 6) is -1.72. The molecule has 0 bridgehead atoms. The maximum atomic E-state index is 12.1. The fraction of sp³-hybridized carbons (Fsp3) is 0.333. The van der Waals surface area contributed by atoms with E-state index in [2.05, 4.69) is 15.4 Å². The van der Waals surface area contributed by atoms with E-state index in [1.807, 2.05) is 0 Å². The zero-order valence-corrected chi connectivity index (χ0v) is 12.6. The Morgan fingerprint density at radius 3 is 2.04 bits per heavy atom. The number of carbonyl (C=O) groups excluding carboxylic acids is 4. The molecule has 1 aliphatic rings. The van der Waals surface area contributed by atoms with Crippen molar-refractivity contribution in [3.63, 3.8) is 0 Å². The number of methoxy groups -OCH3 is 1. The summed E-state index contributed by atoms with van der Waals surface area (Å²) >= 11 is 0. The Hall–Kier alpha value is -2.74. The minimum Gasteiger partial charge on any atom is -0.375 e. The van der Waals surface area contributed by atoms with Gasteiger partial charge in [0.1, 0.15) is 13.2 Å². The SMILES string of the molecule is COCC(=O)NCCNC(=O)CN1C(=O)c2ccccc2C1=O. The molecule has 1 aromatic carbocycles. The topological polar surface area (TPSA) is 105 Å². The second kappa shape index (κ2) is 7.50. The molecule has 8 heteroatoms. The van der Waals surface area contributed by atoms with Crippen LogP contribution in [0.25, 0.3) is 0 Å². The van der Waals surface area contributed by atoms with Gasteiger partial charge in [-0.1, -0.05) is 12.1 Å². The zero-order chi connectivity index (χ0) is 16.8. The van der Waals surface area contributed by atoms with Gasteiger partial charge in [-0.3, -0.25) is 24.1 Å². The van der Waals surface area contributed by atoms with Crippen molar-refractivity contribution in [3.8, 4) is 0 Å². The van der Waals surface area contributed by atoms with Crippen LogP contribution in [0.3, 0.4) is 0 Å². The molecule has 0 saturated carbocycles. The summed E-state index contributed by atoms with van der Waals surface area (Å²) in [7, 11) is 1.41. The van der Waals surface area contributed by atoms with Crippen molar-refractivity contribution >= 4 is 23.6 Å². The fourth-order valence-corrected chi connectivity index (χ4v) is 2.17. The maximum absolute atomic E-state index is 12.1. The summed E-state index contributed by atoms with van der Waals surface area (Å²) in [6, 6.07) is 6.43. The Bertz CT molecular complexity index is 609. The molecule has 0 aliphatic carbocycles. The minimum atomic E-state index is -0.478. The van der Waals surface area contributed by atoms with Crippen LogP contribution in [0.5, 0.6) is 0 Å². The number of fused-ring (bicyclic) bond motifs is 1. The number of hydrogen-bond donors (Lipinski definition) is 2. The van der Waals surface area contributed by atoms with Crippen LogP contribution < -0.4 is 10.6 Å². The van der Waals surface area contributed by atoms with Crippen LogP contribution in [-0.2, 0) is 14.3 Å². The first-order valence-electron chi connectivity index (χ1n) is 7.02. The first-order chi connectivity index (χ1) is 11.0. The molecule has 1 aliphatic heterocycles. The highest BCUT2D eigenvalue weighted by Crippen LogP contribution is 2.21. The quantitative estimate of drug-likeness (QED) is 0.504. The normalized spacial score (nSPS) is 13.0. The molecule has 2 N–H and O–H groups in total. The van der Waals surface area contributed by atoms with Crippen LogP contribution in [0, 0.1) is 0 Å². The third kappa shape index (κ3) is 3.92. The van der Waals surface area contributed by atoms with E-state index in [0.717, 1.165) is 4.90 Å². The van der Waals surface area contributed by atoms with E-state index < -0.39 is 17.7 Å². The molecular formula is C15H17N3O5. The number of benzene rings is 1. The monoisotopic (exact) mass is 319 g/mol. The molecule has 0 atom stereocenters. The van der Waals surface area contributed by atoms with Crippen molar-refractivity contribution in [1.29, 1.82) is 0 Å². The lowest BCUT2D eigenvalue weighted by Gasteiger charge is -2.13. The molecule has 0 saturated heterocycles. The first kappa shape index (κ1) is 16.6. The summed E-state index contributed by atoms with van der Waals surface area (Å²) in [5.41, 5.74) is 0.606. The maximum Gasteiger partial charge on any atom is 0.262 e. The summed E-state index contributed by atoms with van der Waals surface area (Å²) in [6.07, 6.45) is 0. The van der Waals surface area contributed by atoms with E-state index in [9.17, 15) is 19.2 Å². The van der Waals surface area contributed by atoms with Gasteiger partial charge in [-0.15, -0.1) is 0 Å². The van der Waals surface area contributed by atoms with Gasteiger partial charge in [-0.2, -0.15) is 0 Å². The van der Waals surface area contributed by atoms with Crippen LogP contribution >= 0.6 is 0 Å². The van der Waals surface area contributed by atoms with E-state index >= 15 is 0 Å². The van der Waals surface area contributed by atoms with E-state index in [1.54, 1.807) is 24.3 Å². The smallest absolute Gasteiger partial charge is 0.262 e. The molecule has 1 heterocycles. The molecule has 0 unspecified atom stereocenters. The number of hydrogen-bond acceptors (Lipinski definition) is 5. The minimum absolute atomic E-state index is 0.0526. The lowest BCUT2D eigenvalue weighted by Crippen LogP contribution is -2.42. The van der Waals surface area contributed by atoms with Crippen molar-refractivity contribution in [2.24, 2.45) is 0 Å². The van der Waals surface area contributed by atoms with Crippen molar-refractivity contribution in [2.45, 2.75) is 0 Å². The van der Waals surface area contributed by atoms with Crippen molar-refractivity contribution in [3.05, 3.63) is 35.4 Å². The van der Waals surface area contributed by atoms with Gasteiger partial charge >= 0.3 is 0 Å². The highest BCUT2D eigenvalue weighted by atomic mass is 16.5. The molecule has 1 aromatic rings. The van der Waals surface area contributed by atoms with Gasteiger partial charge in [-0.05, 0) is 12.1 Å². The second-order valence-electron chi connectivity index (χ2n) is 4.87. The summed E-state index contributed by atoms with van der Waals surface area (Å²) in [4.78, 5) is 48.0. The molecule has 122 valence electrons. The van der Waals surface area contributed by atoms with Crippen molar-refractivity contribution in [1.82, 2.24) is 15.5 Å². The Kier molecular flexibility index (Phi) is 5.42. The van der Waals surface area contributed by atoms with Gasteiger partial charge in [0.25, 0.3) is 11.8 Å². The molecule has 4 amide bonds. The second-order valence-corrected chi connectivity index (χ2v) is 4.87. The van der Waals surface area contributed by atoms with Crippen molar-refractivity contribution < 1.29 is 23.9 Å². The Balaban J connectivity index is 1.80. The molecule has 2 rings (SSSR count). The van der Waals surface area contributed by atoms with Crippen LogP contribution in [0.15, 0.2) is 24.3 Å². The van der Waals surface area contributed by atoms with E-state index in [0.29, 0.717) is 11.1 Å². The third-order valence-electron chi connectivity index (χ3n) is 3.22. The standard InChI is InChI=1S/C15H17N3O5/c1-23-9-13(20)17-7-6-16-12(19)8-18-14(21)10-4-2-3-5-11(10)15(18)22/h2-5H,6-9H2,1H3,(H,16,19)(H,17,20). The van der Waals surface area contributed by atoms with Gasteiger partial charge in [0.2, 0.25) is 11.8 Å². The third-order valence-corrected chi connectivity index (χ3v) is 3.22. The van der Waals surface area contributed by atoms with Crippen molar-refractivity contribution in [2.75, 3.05) is 33.4 Å². The highest BCUT2D eigenvalue weighted by molar-refractivity contribution is 6.22. The Labute approximate surface area is 132 Å². The Morgan fingerprint density at radius 2 is 1.52 bits per heavy atom. The molecule has 0 fully saturated rings. The molecule has 0 spiro atoms. The predicted octanol–water partition coefficient (Wildman–Crippen LogP) is -0.839. The number of rotatable bonds is 7. The number of nitrogens with one attached hydrogen (secondary N) is 2. The fourth-order valence-electron chi connectivity index (χ4n) is 2.17. The molecule has 0 radical (unpaired) electrons. The van der Waals surface area contributed by atoms with Crippen LogP contribution in [0.2, 0.25) is 0 Å². The average Bonchev–Trinajstić information content (AvgIpc) is 2.77. The zero-order valence-electron chi connectivity index (χ0n) is 12.6. The lowest BCUT2D eigenvalue weighted by molar-refractivity contribution is -0.125. The number of imide groups is 1. The highest BCUT2D eigenvalue weighted by Gasteiger charge is 2.36. The predicted molar refractivity (Wildman–Crippen MR) is 79.7 cm³/mol. The number of ether oxygens (including phenoxy) is 1. The summed E-state index contributed by atoms with van der Waals surface area (Å²) in [5, 5.41) is 5.07. The number of amides is 4.